The van der Waals surface area contributed by atoms with Crippen LogP contribution in [0.5, 0.6) is 5.75 Å². The van der Waals surface area contributed by atoms with Crippen LogP contribution in [0.2, 0.25) is 10.0 Å². The molecule has 4 atom stereocenters. The molecule has 2 bridgehead atoms. The molecule has 1 saturated heterocycles. The van der Waals surface area contributed by atoms with Gasteiger partial charge >= 0.3 is 0 Å². The van der Waals surface area contributed by atoms with Crippen molar-refractivity contribution in [2.45, 2.75) is 6.42 Å². The van der Waals surface area contributed by atoms with E-state index < -0.39 is 41.9 Å². The fourth-order valence-electron chi connectivity index (χ4n) is 5.14. The number of rotatable bonds is 6. The van der Waals surface area contributed by atoms with Crippen molar-refractivity contribution in [3.8, 4) is 5.75 Å². The van der Waals surface area contributed by atoms with Crippen LogP contribution in [-0.2, 0) is 9.59 Å². The maximum Gasteiger partial charge on any atom is 0.273 e. The van der Waals surface area contributed by atoms with Crippen LogP contribution < -0.4 is 4.74 Å². The number of Topliss-reactive ketones (excluding diaryl/α,β-unsaturated/α-hetero) is 1. The average molecular weight is 499 g/mol. The Morgan fingerprint density at radius 2 is 1.53 bits per heavy atom. The van der Waals surface area contributed by atoms with Gasteiger partial charge in [0, 0.05) is 11.1 Å². The van der Waals surface area contributed by atoms with Crippen molar-refractivity contribution in [1.82, 2.24) is 10.0 Å². The lowest BCUT2D eigenvalue weighted by Crippen LogP contribution is -2.52. The van der Waals surface area contributed by atoms with Gasteiger partial charge in [0.1, 0.15) is 12.3 Å². The van der Waals surface area contributed by atoms with Crippen LogP contribution in [0.4, 0.5) is 0 Å². The van der Waals surface area contributed by atoms with E-state index in [1.54, 1.807) is 24.3 Å². The number of amides is 3. The number of allylic oxidation sites excluding steroid dienone is 2. The SMILES string of the molecule is COc1ccc(C(=O)CN(C(=O)c2ccc(Cl)c(Cl)c2)N2C(=O)[C@H]3[C@H](C2=O)[C@H]2C=C[C@H]3C2)cc1. The van der Waals surface area contributed by atoms with Gasteiger partial charge in [-0.1, -0.05) is 35.4 Å². The van der Waals surface area contributed by atoms with E-state index in [1.165, 1.54) is 25.3 Å². The lowest BCUT2D eigenvalue weighted by Gasteiger charge is -2.31. The number of methoxy groups -OCH3 is 1. The number of hydrogen-bond acceptors (Lipinski definition) is 5. The van der Waals surface area contributed by atoms with Crippen molar-refractivity contribution in [2.24, 2.45) is 23.7 Å². The number of hydrogen-bond donors (Lipinski definition) is 0. The van der Waals surface area contributed by atoms with Crippen molar-refractivity contribution >= 4 is 46.7 Å². The first-order chi connectivity index (χ1) is 16.3. The minimum absolute atomic E-state index is 0.0318. The van der Waals surface area contributed by atoms with Gasteiger partial charge in [0.05, 0.1) is 29.0 Å². The topological polar surface area (TPSA) is 84.0 Å². The highest BCUT2D eigenvalue weighted by atomic mass is 35.5. The fourth-order valence-corrected chi connectivity index (χ4v) is 5.44. The van der Waals surface area contributed by atoms with Crippen LogP contribution in [0.25, 0.3) is 0 Å². The molecule has 2 fully saturated rings. The number of fused-ring (bicyclic) bond motifs is 5. The summed E-state index contributed by atoms with van der Waals surface area (Å²) in [7, 11) is 1.51. The molecule has 0 spiro atoms. The summed E-state index contributed by atoms with van der Waals surface area (Å²) in [4.78, 5) is 53.4. The van der Waals surface area contributed by atoms with Crippen LogP contribution in [0.15, 0.2) is 54.6 Å². The van der Waals surface area contributed by atoms with E-state index in [0.717, 1.165) is 16.4 Å². The minimum Gasteiger partial charge on any atom is -0.497 e. The zero-order valence-electron chi connectivity index (χ0n) is 18.1. The second kappa shape index (κ2) is 8.56. The number of halogens is 2. The van der Waals surface area contributed by atoms with Gasteiger partial charge in [0.2, 0.25) is 0 Å². The molecule has 7 nitrogen and oxygen atoms in total. The molecule has 9 heteroatoms. The molecule has 174 valence electrons. The zero-order chi connectivity index (χ0) is 24.1. The number of carbonyl (C=O) groups excluding carboxylic acids is 4. The number of imide groups is 1. The van der Waals surface area contributed by atoms with Crippen LogP contribution >= 0.6 is 23.2 Å². The van der Waals surface area contributed by atoms with E-state index in [-0.39, 0.29) is 27.4 Å². The van der Waals surface area contributed by atoms with Gasteiger partial charge in [0.25, 0.3) is 17.7 Å². The molecule has 0 unspecified atom stereocenters. The Balaban J connectivity index is 1.49. The summed E-state index contributed by atoms with van der Waals surface area (Å²) in [5, 5.41) is 2.21. The summed E-state index contributed by atoms with van der Waals surface area (Å²) in [6.45, 7) is -0.495. The molecule has 1 aliphatic heterocycles. The monoisotopic (exact) mass is 498 g/mol. The molecule has 34 heavy (non-hydrogen) atoms. The molecule has 3 aliphatic rings. The molecule has 2 aromatic carbocycles. The summed E-state index contributed by atoms with van der Waals surface area (Å²) in [6.07, 6.45) is 4.69. The summed E-state index contributed by atoms with van der Waals surface area (Å²) in [6, 6.07) is 10.6. The first-order valence-corrected chi connectivity index (χ1v) is 11.6. The quantitative estimate of drug-likeness (QED) is 0.340. The van der Waals surface area contributed by atoms with Crippen molar-refractivity contribution in [1.29, 1.82) is 0 Å². The first-order valence-electron chi connectivity index (χ1n) is 10.8. The van der Waals surface area contributed by atoms with Crippen LogP contribution in [0, 0.1) is 23.7 Å². The zero-order valence-corrected chi connectivity index (χ0v) is 19.6. The highest BCUT2D eigenvalue weighted by Crippen LogP contribution is 2.52. The summed E-state index contributed by atoms with van der Waals surface area (Å²) in [5.41, 5.74) is 0.421. The van der Waals surface area contributed by atoms with E-state index in [0.29, 0.717) is 11.3 Å². The summed E-state index contributed by atoms with van der Waals surface area (Å²) < 4.78 is 5.12. The Morgan fingerprint density at radius 3 is 2.09 bits per heavy atom. The van der Waals surface area contributed by atoms with Crippen molar-refractivity contribution in [2.75, 3.05) is 13.7 Å². The van der Waals surface area contributed by atoms with Crippen LogP contribution in [0.1, 0.15) is 27.1 Å². The van der Waals surface area contributed by atoms with Gasteiger partial charge in [-0.25, -0.2) is 5.01 Å². The van der Waals surface area contributed by atoms with E-state index in [9.17, 15) is 19.2 Å². The summed E-state index contributed by atoms with van der Waals surface area (Å²) >= 11 is 12.1. The van der Waals surface area contributed by atoms with Crippen LogP contribution in [-0.4, -0.2) is 47.2 Å². The van der Waals surface area contributed by atoms with Crippen molar-refractivity contribution in [3.63, 3.8) is 0 Å². The second-order valence-electron chi connectivity index (χ2n) is 8.63. The Bertz CT molecular complexity index is 1210. The minimum atomic E-state index is -0.692. The van der Waals surface area contributed by atoms with Gasteiger partial charge in [-0.05, 0) is 60.7 Å². The third-order valence-corrected chi connectivity index (χ3v) is 7.53. The Hall–Kier alpha value is -3.16. The number of ketones is 1. The van der Waals surface area contributed by atoms with Gasteiger partial charge < -0.3 is 4.74 Å². The van der Waals surface area contributed by atoms with Crippen molar-refractivity contribution in [3.05, 3.63) is 75.8 Å². The molecule has 3 amide bonds. The number of hydrazine groups is 1. The molecule has 5 rings (SSSR count). The molecule has 2 aliphatic carbocycles. The Kier molecular flexibility index (Phi) is 5.70. The second-order valence-corrected chi connectivity index (χ2v) is 9.45. The number of ether oxygens (including phenoxy) is 1. The molecular formula is C25H20Cl2N2O5. The van der Waals surface area contributed by atoms with Gasteiger partial charge in [0.15, 0.2) is 5.78 Å². The molecule has 2 aromatic rings. The van der Waals surface area contributed by atoms with Crippen molar-refractivity contribution < 1.29 is 23.9 Å². The maximum absolute atomic E-state index is 13.5. The normalized spacial score (nSPS) is 24.5. The van der Waals surface area contributed by atoms with Gasteiger partial charge in [-0.2, -0.15) is 5.01 Å². The lowest BCUT2D eigenvalue weighted by molar-refractivity contribution is -0.154. The molecule has 0 aromatic heterocycles. The Labute approximate surface area is 205 Å². The van der Waals surface area contributed by atoms with Gasteiger partial charge in [-0.15, -0.1) is 0 Å². The standard InChI is InChI=1S/C25H20Cl2N2O5/c1-34-17-7-4-13(5-8-17)20(30)12-28(23(31)16-6-9-18(26)19(27)11-16)29-24(32)21-14-2-3-15(10-14)22(21)25(29)33/h2-9,11,14-15,21-22H,10,12H2,1H3/t14-,15-,21+,22+/m0/s1. The predicted octanol–water partition coefficient (Wildman–Crippen LogP) is 4.05. The molecule has 1 heterocycles. The van der Waals surface area contributed by atoms with E-state index in [2.05, 4.69) is 0 Å². The third-order valence-electron chi connectivity index (χ3n) is 6.79. The molecule has 0 N–H and O–H groups in total. The van der Waals surface area contributed by atoms with Gasteiger partial charge in [-0.3, -0.25) is 19.2 Å². The number of carbonyl (C=O) groups is 4. The third kappa shape index (κ3) is 3.60. The van der Waals surface area contributed by atoms with E-state index in [1.807, 2.05) is 12.2 Å². The summed E-state index contributed by atoms with van der Waals surface area (Å²) in [5.74, 6) is -2.56. The number of benzene rings is 2. The van der Waals surface area contributed by atoms with E-state index in [4.69, 9.17) is 27.9 Å². The van der Waals surface area contributed by atoms with Crippen LogP contribution in [0.3, 0.4) is 0 Å². The molecule has 1 saturated carbocycles. The fraction of sp³-hybridized carbons (Fsp3) is 0.280. The predicted molar refractivity (Wildman–Crippen MR) is 124 cm³/mol. The highest BCUT2D eigenvalue weighted by molar-refractivity contribution is 6.42. The molecular weight excluding hydrogens is 479 g/mol. The Morgan fingerprint density at radius 1 is 0.941 bits per heavy atom. The lowest BCUT2D eigenvalue weighted by atomic mass is 9.85. The highest BCUT2D eigenvalue weighted by Gasteiger charge is 2.61. The largest absolute Gasteiger partial charge is 0.497 e. The first kappa shape index (κ1) is 22.6. The average Bonchev–Trinajstić information content (AvgIpc) is 3.53. The smallest absolute Gasteiger partial charge is 0.273 e. The number of nitrogens with zero attached hydrogens (tertiary/aromatic N) is 2. The molecule has 0 radical (unpaired) electrons. The van der Waals surface area contributed by atoms with E-state index >= 15 is 0 Å². The maximum atomic E-state index is 13.5.